The summed E-state index contributed by atoms with van der Waals surface area (Å²) in [6.45, 7) is 0.514. The Balaban J connectivity index is 2.23. The van der Waals surface area contributed by atoms with E-state index in [2.05, 4.69) is 22.7 Å². The molecule has 110 valence electrons. The Labute approximate surface area is 117 Å². The van der Waals surface area contributed by atoms with Crippen LogP contribution in [-0.4, -0.2) is 53.7 Å². The van der Waals surface area contributed by atoms with Gasteiger partial charge in [0.1, 0.15) is 6.10 Å². The Hall–Kier alpha value is -0.500. The van der Waals surface area contributed by atoms with Crippen molar-refractivity contribution in [2.24, 2.45) is 5.11 Å². The zero-order chi connectivity index (χ0) is 14.1. The lowest BCUT2D eigenvalue weighted by Crippen LogP contribution is -2.53. The van der Waals surface area contributed by atoms with Crippen LogP contribution in [-0.2, 0) is 9.47 Å². The number of hydrogen-bond donors (Lipinski definition) is 3. The minimum Gasteiger partial charge on any atom is -0.390 e. The molecule has 4 atom stereocenters. The Kier molecular flexibility index (Phi) is 8.20. The SMILES string of the molecule is [N-]=[N+]=N[C@H]1CO[C@H](OCCCCCCS)[C@H](O)[C@H]1O. The summed E-state index contributed by atoms with van der Waals surface area (Å²) in [7, 11) is 0. The van der Waals surface area contributed by atoms with Gasteiger partial charge in [0.05, 0.1) is 18.8 Å². The van der Waals surface area contributed by atoms with Crippen molar-refractivity contribution in [3.8, 4) is 0 Å². The van der Waals surface area contributed by atoms with Crippen LogP contribution in [0.1, 0.15) is 25.7 Å². The van der Waals surface area contributed by atoms with Gasteiger partial charge in [-0.2, -0.15) is 12.6 Å². The first kappa shape index (κ1) is 16.6. The molecule has 1 fully saturated rings. The summed E-state index contributed by atoms with van der Waals surface area (Å²) < 4.78 is 10.6. The zero-order valence-corrected chi connectivity index (χ0v) is 11.7. The second-order valence-corrected chi connectivity index (χ2v) is 4.91. The number of rotatable bonds is 8. The molecule has 0 aromatic carbocycles. The number of azide groups is 1. The van der Waals surface area contributed by atoms with Gasteiger partial charge in [-0.25, -0.2) is 0 Å². The lowest BCUT2D eigenvalue weighted by atomic mass is 10.0. The molecular weight excluding hydrogens is 270 g/mol. The van der Waals surface area contributed by atoms with Gasteiger partial charge in [0, 0.05) is 11.5 Å². The van der Waals surface area contributed by atoms with Crippen molar-refractivity contribution in [1.82, 2.24) is 0 Å². The summed E-state index contributed by atoms with van der Waals surface area (Å²) in [5.41, 5.74) is 8.31. The van der Waals surface area contributed by atoms with E-state index in [-0.39, 0.29) is 6.61 Å². The number of unbranched alkanes of at least 4 members (excludes halogenated alkanes) is 3. The fraction of sp³-hybridized carbons (Fsp3) is 1.00. The summed E-state index contributed by atoms with van der Waals surface area (Å²) >= 11 is 4.13. The number of nitrogens with zero attached hydrogens (tertiary/aromatic N) is 3. The second kappa shape index (κ2) is 9.41. The summed E-state index contributed by atoms with van der Waals surface area (Å²) in [4.78, 5) is 2.60. The van der Waals surface area contributed by atoms with Crippen LogP contribution in [0.15, 0.2) is 5.11 Å². The summed E-state index contributed by atoms with van der Waals surface area (Å²) in [6.07, 6.45) is 0.884. The number of ether oxygens (including phenoxy) is 2. The van der Waals surface area contributed by atoms with E-state index in [1.165, 1.54) is 0 Å². The summed E-state index contributed by atoms with van der Waals surface area (Å²) in [5, 5.41) is 22.9. The zero-order valence-electron chi connectivity index (χ0n) is 10.8. The van der Waals surface area contributed by atoms with Gasteiger partial charge in [0.25, 0.3) is 0 Å². The third kappa shape index (κ3) is 5.56. The molecule has 0 amide bonds. The van der Waals surface area contributed by atoms with Gasteiger partial charge >= 0.3 is 0 Å². The van der Waals surface area contributed by atoms with Crippen LogP contribution in [0.5, 0.6) is 0 Å². The van der Waals surface area contributed by atoms with E-state index < -0.39 is 24.5 Å². The van der Waals surface area contributed by atoms with Gasteiger partial charge in [-0.05, 0) is 24.1 Å². The minimum atomic E-state index is -1.19. The molecule has 7 nitrogen and oxygen atoms in total. The average Bonchev–Trinajstić information content (AvgIpc) is 2.41. The van der Waals surface area contributed by atoms with Crippen LogP contribution in [0, 0.1) is 0 Å². The van der Waals surface area contributed by atoms with Gasteiger partial charge in [-0.15, -0.1) is 0 Å². The third-order valence-corrected chi connectivity index (χ3v) is 3.30. The Morgan fingerprint density at radius 3 is 2.68 bits per heavy atom. The van der Waals surface area contributed by atoms with Gasteiger partial charge < -0.3 is 19.7 Å². The first-order valence-corrected chi connectivity index (χ1v) is 7.08. The molecule has 0 aromatic rings. The van der Waals surface area contributed by atoms with Crippen LogP contribution in [0.4, 0.5) is 0 Å². The van der Waals surface area contributed by atoms with Crippen molar-refractivity contribution in [3.05, 3.63) is 10.4 Å². The van der Waals surface area contributed by atoms with Crippen molar-refractivity contribution in [1.29, 1.82) is 0 Å². The molecule has 8 heteroatoms. The fourth-order valence-corrected chi connectivity index (χ4v) is 2.08. The molecule has 19 heavy (non-hydrogen) atoms. The first-order valence-electron chi connectivity index (χ1n) is 6.45. The molecule has 1 aliphatic rings. The highest BCUT2D eigenvalue weighted by Crippen LogP contribution is 2.19. The Bertz CT molecular complexity index is 302. The van der Waals surface area contributed by atoms with Gasteiger partial charge in [-0.1, -0.05) is 18.0 Å². The van der Waals surface area contributed by atoms with Crippen molar-refractivity contribution < 1.29 is 19.7 Å². The maximum atomic E-state index is 9.78. The van der Waals surface area contributed by atoms with Crippen molar-refractivity contribution in [2.75, 3.05) is 19.0 Å². The van der Waals surface area contributed by atoms with Crippen LogP contribution in [0.25, 0.3) is 10.4 Å². The summed E-state index contributed by atoms with van der Waals surface area (Å²) in [6, 6.07) is -0.768. The van der Waals surface area contributed by atoms with E-state index in [0.717, 1.165) is 31.4 Å². The van der Waals surface area contributed by atoms with Gasteiger partial charge in [0.15, 0.2) is 6.29 Å². The molecule has 0 spiro atoms. The Morgan fingerprint density at radius 1 is 1.26 bits per heavy atom. The third-order valence-electron chi connectivity index (χ3n) is 2.99. The number of hydrogen-bond acceptors (Lipinski definition) is 6. The van der Waals surface area contributed by atoms with E-state index in [0.29, 0.717) is 6.61 Å². The molecule has 0 bridgehead atoms. The smallest absolute Gasteiger partial charge is 0.185 e. The van der Waals surface area contributed by atoms with Crippen LogP contribution >= 0.6 is 12.6 Å². The predicted octanol–water partition coefficient (Wildman–Crippen LogP) is 1.25. The average molecular weight is 291 g/mol. The molecule has 0 unspecified atom stereocenters. The molecule has 0 radical (unpaired) electrons. The van der Waals surface area contributed by atoms with Crippen LogP contribution in [0.3, 0.4) is 0 Å². The molecule has 0 aliphatic carbocycles. The highest BCUT2D eigenvalue weighted by molar-refractivity contribution is 7.80. The first-order chi connectivity index (χ1) is 9.20. The lowest BCUT2D eigenvalue weighted by Gasteiger charge is -2.35. The highest BCUT2D eigenvalue weighted by Gasteiger charge is 2.38. The summed E-state index contributed by atoms with van der Waals surface area (Å²) in [5.74, 6) is 0.887. The molecule has 1 saturated heterocycles. The van der Waals surface area contributed by atoms with E-state index in [1.807, 2.05) is 0 Å². The number of aliphatic hydroxyl groups excluding tert-OH is 2. The molecular formula is C11H21N3O4S. The normalized spacial score (nSPS) is 30.9. The quantitative estimate of drug-likeness (QED) is 0.206. The van der Waals surface area contributed by atoms with E-state index >= 15 is 0 Å². The molecule has 1 heterocycles. The van der Waals surface area contributed by atoms with E-state index in [9.17, 15) is 10.2 Å². The fourth-order valence-electron chi connectivity index (χ4n) is 1.86. The monoisotopic (exact) mass is 291 g/mol. The topological polar surface area (TPSA) is 108 Å². The maximum Gasteiger partial charge on any atom is 0.185 e. The van der Waals surface area contributed by atoms with Crippen LogP contribution < -0.4 is 0 Å². The van der Waals surface area contributed by atoms with E-state index in [4.69, 9.17) is 15.0 Å². The minimum absolute atomic E-state index is 0.0482. The van der Waals surface area contributed by atoms with Gasteiger partial charge in [0.2, 0.25) is 0 Å². The highest BCUT2D eigenvalue weighted by atomic mass is 32.1. The number of thiol groups is 1. The number of aliphatic hydroxyl groups is 2. The van der Waals surface area contributed by atoms with Crippen molar-refractivity contribution in [3.63, 3.8) is 0 Å². The molecule has 1 rings (SSSR count). The lowest BCUT2D eigenvalue weighted by molar-refractivity contribution is -0.247. The van der Waals surface area contributed by atoms with E-state index in [1.54, 1.807) is 0 Å². The molecule has 0 aromatic heterocycles. The Morgan fingerprint density at radius 2 is 2.00 bits per heavy atom. The molecule has 2 N–H and O–H groups in total. The second-order valence-electron chi connectivity index (χ2n) is 4.46. The van der Waals surface area contributed by atoms with Crippen LogP contribution in [0.2, 0.25) is 0 Å². The predicted molar refractivity (Wildman–Crippen MR) is 73.0 cm³/mol. The maximum absolute atomic E-state index is 9.78. The van der Waals surface area contributed by atoms with Gasteiger partial charge in [-0.3, -0.25) is 0 Å². The van der Waals surface area contributed by atoms with Crippen molar-refractivity contribution in [2.45, 2.75) is 50.2 Å². The largest absolute Gasteiger partial charge is 0.390 e. The molecule has 0 saturated carbocycles. The standard InChI is InChI=1S/C11H21N3O4S/c12-14-13-8-7-18-11(10(16)9(8)15)17-5-3-1-2-4-6-19/h8-11,15-16,19H,1-7H2/t8-,9-,10+,11-/m0/s1. The molecule has 1 aliphatic heterocycles. The van der Waals surface area contributed by atoms with Crippen molar-refractivity contribution >= 4 is 12.6 Å².